The van der Waals surface area contributed by atoms with E-state index in [1.807, 2.05) is 6.92 Å². The molecule has 1 fully saturated rings. The molecule has 20 heavy (non-hydrogen) atoms. The molecule has 0 saturated carbocycles. The van der Waals surface area contributed by atoms with Gasteiger partial charge in [-0.1, -0.05) is 0 Å². The minimum Gasteiger partial charge on any atom is -0.496 e. The average Bonchev–Trinajstić information content (AvgIpc) is 2.98. The van der Waals surface area contributed by atoms with Crippen molar-refractivity contribution >= 4 is 5.91 Å². The van der Waals surface area contributed by atoms with E-state index in [0.717, 1.165) is 25.1 Å². The second kappa shape index (κ2) is 6.61. The minimum atomic E-state index is -0.0894. The number of ether oxygens (including phenoxy) is 2. The van der Waals surface area contributed by atoms with Crippen LogP contribution in [0.3, 0.4) is 0 Å². The highest BCUT2D eigenvalue weighted by Crippen LogP contribution is 2.29. The van der Waals surface area contributed by atoms with Gasteiger partial charge in [0.2, 0.25) is 0 Å². The van der Waals surface area contributed by atoms with Crippen molar-refractivity contribution in [2.75, 3.05) is 33.9 Å². The van der Waals surface area contributed by atoms with Gasteiger partial charge in [-0.3, -0.25) is 4.79 Å². The van der Waals surface area contributed by atoms with Gasteiger partial charge in [0.05, 0.1) is 14.2 Å². The molecule has 1 unspecified atom stereocenters. The van der Waals surface area contributed by atoms with Crippen molar-refractivity contribution < 1.29 is 14.3 Å². The van der Waals surface area contributed by atoms with Crippen molar-refractivity contribution in [2.24, 2.45) is 5.92 Å². The SMILES string of the molecule is COc1cc(C(=O)NCC2CCNC2)cc(OC)c1C. The van der Waals surface area contributed by atoms with Crippen LogP contribution in [0.2, 0.25) is 0 Å². The van der Waals surface area contributed by atoms with Gasteiger partial charge in [-0.05, 0) is 44.5 Å². The standard InChI is InChI=1S/C15H22N2O3/c1-10-13(19-2)6-12(7-14(10)20-3)15(18)17-9-11-4-5-16-8-11/h6-7,11,16H,4-5,8-9H2,1-3H3,(H,17,18). The number of methoxy groups -OCH3 is 2. The number of carbonyl (C=O) groups is 1. The van der Waals surface area contributed by atoms with Gasteiger partial charge in [-0.2, -0.15) is 0 Å². The highest BCUT2D eigenvalue weighted by molar-refractivity contribution is 5.95. The second-order valence-electron chi connectivity index (χ2n) is 5.07. The number of carbonyl (C=O) groups excluding carboxylic acids is 1. The Bertz CT molecular complexity index is 457. The van der Waals surface area contributed by atoms with E-state index in [1.165, 1.54) is 0 Å². The van der Waals surface area contributed by atoms with Gasteiger partial charge in [0.1, 0.15) is 11.5 Å². The van der Waals surface area contributed by atoms with Crippen LogP contribution in [0.4, 0.5) is 0 Å². The number of nitrogens with one attached hydrogen (secondary N) is 2. The largest absolute Gasteiger partial charge is 0.496 e. The molecule has 1 atom stereocenters. The zero-order chi connectivity index (χ0) is 14.5. The molecule has 5 nitrogen and oxygen atoms in total. The van der Waals surface area contributed by atoms with Crippen LogP contribution in [0.15, 0.2) is 12.1 Å². The molecule has 2 rings (SSSR count). The predicted molar refractivity (Wildman–Crippen MR) is 77.6 cm³/mol. The third kappa shape index (κ3) is 3.22. The lowest BCUT2D eigenvalue weighted by molar-refractivity contribution is 0.0947. The number of hydrogen-bond donors (Lipinski definition) is 2. The summed E-state index contributed by atoms with van der Waals surface area (Å²) in [6, 6.07) is 3.50. The molecule has 1 aliphatic heterocycles. The molecule has 0 aromatic heterocycles. The number of hydrogen-bond acceptors (Lipinski definition) is 4. The highest BCUT2D eigenvalue weighted by Gasteiger charge is 2.17. The summed E-state index contributed by atoms with van der Waals surface area (Å²) in [5, 5.41) is 6.26. The van der Waals surface area contributed by atoms with Crippen LogP contribution in [0.25, 0.3) is 0 Å². The van der Waals surface area contributed by atoms with Crippen molar-refractivity contribution in [3.8, 4) is 11.5 Å². The average molecular weight is 278 g/mol. The Kier molecular flexibility index (Phi) is 4.84. The molecule has 1 aliphatic rings. The number of rotatable bonds is 5. The fourth-order valence-electron chi connectivity index (χ4n) is 2.44. The van der Waals surface area contributed by atoms with Crippen molar-refractivity contribution in [2.45, 2.75) is 13.3 Å². The van der Waals surface area contributed by atoms with Crippen molar-refractivity contribution in [3.63, 3.8) is 0 Å². The molecule has 5 heteroatoms. The Morgan fingerprint density at radius 2 is 2.00 bits per heavy atom. The molecule has 1 amide bonds. The van der Waals surface area contributed by atoms with E-state index in [1.54, 1.807) is 26.4 Å². The monoisotopic (exact) mass is 278 g/mol. The molecule has 0 bridgehead atoms. The van der Waals surface area contributed by atoms with E-state index >= 15 is 0 Å². The van der Waals surface area contributed by atoms with Crippen molar-refractivity contribution in [1.82, 2.24) is 10.6 Å². The van der Waals surface area contributed by atoms with E-state index in [9.17, 15) is 4.79 Å². The Hall–Kier alpha value is -1.75. The topological polar surface area (TPSA) is 59.6 Å². The first kappa shape index (κ1) is 14.7. The Balaban J connectivity index is 2.08. The Morgan fingerprint density at radius 1 is 1.35 bits per heavy atom. The Labute approximate surface area is 119 Å². The van der Waals surface area contributed by atoms with Crippen LogP contribution in [0.1, 0.15) is 22.3 Å². The molecule has 0 spiro atoms. The van der Waals surface area contributed by atoms with Gasteiger partial charge in [-0.25, -0.2) is 0 Å². The lowest BCUT2D eigenvalue weighted by atomic mass is 10.1. The van der Waals surface area contributed by atoms with Crippen LogP contribution in [0.5, 0.6) is 11.5 Å². The third-order valence-electron chi connectivity index (χ3n) is 3.73. The molecular weight excluding hydrogens is 256 g/mol. The van der Waals surface area contributed by atoms with E-state index in [2.05, 4.69) is 10.6 Å². The molecule has 1 saturated heterocycles. The van der Waals surface area contributed by atoms with Crippen molar-refractivity contribution in [1.29, 1.82) is 0 Å². The molecule has 110 valence electrons. The summed E-state index contributed by atoms with van der Waals surface area (Å²) in [5.74, 6) is 1.76. The van der Waals surface area contributed by atoms with Crippen LogP contribution in [-0.2, 0) is 0 Å². The number of amides is 1. The first-order chi connectivity index (χ1) is 9.65. The first-order valence-electron chi connectivity index (χ1n) is 6.87. The highest BCUT2D eigenvalue weighted by atomic mass is 16.5. The summed E-state index contributed by atoms with van der Waals surface area (Å²) < 4.78 is 10.6. The minimum absolute atomic E-state index is 0.0894. The van der Waals surface area contributed by atoms with Crippen LogP contribution < -0.4 is 20.1 Å². The summed E-state index contributed by atoms with van der Waals surface area (Å²) in [6.45, 7) is 4.61. The summed E-state index contributed by atoms with van der Waals surface area (Å²) in [6.07, 6.45) is 1.11. The van der Waals surface area contributed by atoms with Gasteiger partial charge in [0.15, 0.2) is 0 Å². The van der Waals surface area contributed by atoms with Crippen LogP contribution in [0, 0.1) is 12.8 Å². The normalized spacial score (nSPS) is 17.9. The smallest absolute Gasteiger partial charge is 0.251 e. The van der Waals surface area contributed by atoms with E-state index in [-0.39, 0.29) is 5.91 Å². The maximum atomic E-state index is 12.2. The molecule has 0 radical (unpaired) electrons. The zero-order valence-electron chi connectivity index (χ0n) is 12.3. The summed E-state index contributed by atoms with van der Waals surface area (Å²) in [4.78, 5) is 12.2. The first-order valence-corrected chi connectivity index (χ1v) is 6.87. The maximum absolute atomic E-state index is 12.2. The van der Waals surface area contributed by atoms with Gasteiger partial charge in [0.25, 0.3) is 5.91 Å². The molecule has 1 heterocycles. The molecule has 1 aromatic carbocycles. The fourth-order valence-corrected chi connectivity index (χ4v) is 2.44. The van der Waals surface area contributed by atoms with Gasteiger partial charge < -0.3 is 20.1 Å². The van der Waals surface area contributed by atoms with Gasteiger partial charge >= 0.3 is 0 Å². The summed E-state index contributed by atoms with van der Waals surface area (Å²) in [7, 11) is 3.18. The fraction of sp³-hybridized carbons (Fsp3) is 0.533. The summed E-state index contributed by atoms with van der Waals surface area (Å²) in [5.41, 5.74) is 1.46. The Morgan fingerprint density at radius 3 is 2.50 bits per heavy atom. The predicted octanol–water partition coefficient (Wildman–Crippen LogP) is 1.35. The second-order valence-corrected chi connectivity index (χ2v) is 5.07. The zero-order valence-corrected chi connectivity index (χ0v) is 12.3. The molecule has 0 aliphatic carbocycles. The molecular formula is C15H22N2O3. The van der Waals surface area contributed by atoms with E-state index < -0.39 is 0 Å². The number of benzene rings is 1. The van der Waals surface area contributed by atoms with Gasteiger partial charge in [-0.15, -0.1) is 0 Å². The van der Waals surface area contributed by atoms with E-state index in [0.29, 0.717) is 29.5 Å². The maximum Gasteiger partial charge on any atom is 0.251 e. The quantitative estimate of drug-likeness (QED) is 0.853. The lowest BCUT2D eigenvalue weighted by Crippen LogP contribution is -2.30. The van der Waals surface area contributed by atoms with E-state index in [4.69, 9.17) is 9.47 Å². The molecule has 2 N–H and O–H groups in total. The van der Waals surface area contributed by atoms with Crippen LogP contribution >= 0.6 is 0 Å². The summed E-state index contributed by atoms with van der Waals surface area (Å²) >= 11 is 0. The third-order valence-corrected chi connectivity index (χ3v) is 3.73. The lowest BCUT2D eigenvalue weighted by Gasteiger charge is -2.14. The van der Waals surface area contributed by atoms with Crippen molar-refractivity contribution in [3.05, 3.63) is 23.3 Å². The van der Waals surface area contributed by atoms with Crippen LogP contribution in [-0.4, -0.2) is 39.8 Å². The van der Waals surface area contributed by atoms with Gasteiger partial charge in [0, 0.05) is 17.7 Å². The molecule has 1 aromatic rings.